The highest BCUT2D eigenvalue weighted by Gasteiger charge is 2.17. The van der Waals surface area contributed by atoms with E-state index < -0.39 is 11.9 Å². The van der Waals surface area contributed by atoms with Gasteiger partial charge in [-0.05, 0) is 35.4 Å². The molecule has 1 aliphatic rings. The molecule has 1 aliphatic heterocycles. The summed E-state index contributed by atoms with van der Waals surface area (Å²) < 4.78 is 11.8. The van der Waals surface area contributed by atoms with Gasteiger partial charge >= 0.3 is 11.9 Å². The third-order valence-electron chi connectivity index (χ3n) is 4.82. The van der Waals surface area contributed by atoms with Gasteiger partial charge in [-0.2, -0.15) is 0 Å². The largest absolute Gasteiger partial charge is 0.493 e. The number of benzene rings is 2. The molecule has 0 bridgehead atoms. The zero-order chi connectivity index (χ0) is 22.8. The topological polar surface area (TPSA) is 99.5 Å². The van der Waals surface area contributed by atoms with Crippen molar-refractivity contribution >= 4 is 27.9 Å². The molecule has 1 heterocycles. The fraction of sp³-hybridized carbons (Fsp3) is 0.364. The van der Waals surface area contributed by atoms with Gasteiger partial charge in [0.25, 0.3) is 0 Å². The van der Waals surface area contributed by atoms with Crippen LogP contribution < -0.4 is 9.47 Å². The number of hydrogen-bond donors (Lipinski definition) is 2. The number of carboxylic acids is 2. The number of methoxy groups -OCH3 is 2. The number of carbonyl (C=O) groups is 2. The number of ether oxygens (including phenoxy) is 2. The normalized spacial score (nSPS) is 14.3. The number of aliphatic carboxylic acids is 2. The summed E-state index contributed by atoms with van der Waals surface area (Å²) >= 11 is 3.49. The lowest BCUT2D eigenvalue weighted by molar-refractivity contribution is -0.159. The van der Waals surface area contributed by atoms with E-state index in [4.69, 9.17) is 29.3 Å². The lowest BCUT2D eigenvalue weighted by Crippen LogP contribution is -2.45. The van der Waals surface area contributed by atoms with Crippen LogP contribution in [-0.2, 0) is 22.7 Å². The third-order valence-corrected chi connectivity index (χ3v) is 5.35. The summed E-state index contributed by atoms with van der Waals surface area (Å²) in [7, 11) is 3.35. The van der Waals surface area contributed by atoms with E-state index in [9.17, 15) is 0 Å². The van der Waals surface area contributed by atoms with E-state index in [0.717, 1.165) is 55.2 Å². The Kier molecular flexibility index (Phi) is 9.77. The van der Waals surface area contributed by atoms with Crippen molar-refractivity contribution in [1.29, 1.82) is 0 Å². The fourth-order valence-corrected chi connectivity index (χ4v) is 3.46. The van der Waals surface area contributed by atoms with Crippen molar-refractivity contribution in [2.24, 2.45) is 0 Å². The number of carboxylic acid groups (broad SMARTS) is 2. The summed E-state index contributed by atoms with van der Waals surface area (Å²) in [5, 5.41) is 14.8. The van der Waals surface area contributed by atoms with Crippen LogP contribution >= 0.6 is 15.9 Å². The minimum Gasteiger partial charge on any atom is -0.493 e. The van der Waals surface area contributed by atoms with Gasteiger partial charge in [-0.1, -0.05) is 34.1 Å². The molecular formula is C22H27BrN2O6. The number of piperazine rings is 1. The van der Waals surface area contributed by atoms with E-state index in [1.807, 2.05) is 6.07 Å². The molecule has 0 radical (unpaired) electrons. The summed E-state index contributed by atoms with van der Waals surface area (Å²) in [6, 6.07) is 14.8. The molecule has 3 rings (SSSR count). The van der Waals surface area contributed by atoms with Crippen LogP contribution in [0.2, 0.25) is 0 Å². The molecule has 31 heavy (non-hydrogen) atoms. The summed E-state index contributed by atoms with van der Waals surface area (Å²) in [6.07, 6.45) is 0. The van der Waals surface area contributed by atoms with Crippen molar-refractivity contribution in [2.75, 3.05) is 40.4 Å². The molecule has 2 aromatic rings. The Bertz CT molecular complexity index is 855. The smallest absolute Gasteiger partial charge is 0.414 e. The summed E-state index contributed by atoms with van der Waals surface area (Å²) in [4.78, 5) is 23.2. The van der Waals surface area contributed by atoms with Crippen molar-refractivity contribution in [1.82, 2.24) is 9.80 Å². The lowest BCUT2D eigenvalue weighted by atomic mass is 10.1. The van der Waals surface area contributed by atoms with Crippen LogP contribution in [0, 0.1) is 0 Å². The molecular weight excluding hydrogens is 468 g/mol. The number of rotatable bonds is 6. The Morgan fingerprint density at radius 2 is 1.26 bits per heavy atom. The Balaban J connectivity index is 0.000000501. The van der Waals surface area contributed by atoms with Gasteiger partial charge in [-0.15, -0.1) is 0 Å². The first-order chi connectivity index (χ1) is 14.8. The SMILES string of the molecule is COc1ccc(CN2CCN(Cc3ccc(Br)cc3)CC2)cc1OC.O=C(O)C(=O)O. The Morgan fingerprint density at radius 1 is 0.806 bits per heavy atom. The third kappa shape index (κ3) is 8.20. The van der Waals surface area contributed by atoms with Gasteiger partial charge in [0.15, 0.2) is 11.5 Å². The monoisotopic (exact) mass is 494 g/mol. The minimum absolute atomic E-state index is 0.783. The van der Waals surface area contributed by atoms with Crippen molar-refractivity contribution < 1.29 is 29.3 Å². The van der Waals surface area contributed by atoms with Crippen LogP contribution in [-0.4, -0.2) is 72.4 Å². The molecule has 2 N–H and O–H groups in total. The van der Waals surface area contributed by atoms with Crippen molar-refractivity contribution in [3.05, 3.63) is 58.1 Å². The second-order valence-electron chi connectivity index (χ2n) is 6.98. The summed E-state index contributed by atoms with van der Waals surface area (Å²) in [5.41, 5.74) is 2.63. The van der Waals surface area contributed by atoms with Gasteiger partial charge in [-0.25, -0.2) is 9.59 Å². The number of hydrogen-bond acceptors (Lipinski definition) is 6. The van der Waals surface area contributed by atoms with E-state index in [0.29, 0.717) is 0 Å². The van der Waals surface area contributed by atoms with Gasteiger partial charge < -0.3 is 19.7 Å². The maximum atomic E-state index is 9.10. The average Bonchev–Trinajstić information content (AvgIpc) is 2.77. The number of nitrogens with zero attached hydrogens (tertiary/aromatic N) is 2. The summed E-state index contributed by atoms with van der Waals surface area (Å²) in [6.45, 7) is 6.35. The van der Waals surface area contributed by atoms with E-state index in [2.05, 4.69) is 62.1 Å². The van der Waals surface area contributed by atoms with Crippen LogP contribution in [0.3, 0.4) is 0 Å². The highest BCUT2D eigenvalue weighted by molar-refractivity contribution is 9.10. The first-order valence-corrected chi connectivity index (χ1v) is 10.5. The van der Waals surface area contributed by atoms with E-state index in [-0.39, 0.29) is 0 Å². The van der Waals surface area contributed by atoms with Crippen molar-refractivity contribution in [3.8, 4) is 11.5 Å². The first kappa shape index (κ1) is 24.6. The molecule has 0 amide bonds. The van der Waals surface area contributed by atoms with Crippen LogP contribution in [0.4, 0.5) is 0 Å². The predicted molar refractivity (Wildman–Crippen MR) is 120 cm³/mol. The second kappa shape index (κ2) is 12.3. The van der Waals surface area contributed by atoms with Crippen LogP contribution in [0.25, 0.3) is 0 Å². The highest BCUT2D eigenvalue weighted by atomic mass is 79.9. The number of halogens is 1. The maximum absolute atomic E-state index is 9.10. The van der Waals surface area contributed by atoms with Crippen LogP contribution in [0.1, 0.15) is 11.1 Å². The molecule has 0 atom stereocenters. The molecule has 1 fully saturated rings. The van der Waals surface area contributed by atoms with E-state index in [1.54, 1.807) is 14.2 Å². The maximum Gasteiger partial charge on any atom is 0.414 e. The van der Waals surface area contributed by atoms with Gasteiger partial charge in [0, 0.05) is 43.7 Å². The minimum atomic E-state index is -1.82. The predicted octanol–water partition coefficient (Wildman–Crippen LogP) is 2.94. The Hall–Kier alpha value is -2.62. The molecule has 9 heteroatoms. The Labute approximate surface area is 190 Å². The molecule has 0 spiro atoms. The summed E-state index contributed by atoms with van der Waals surface area (Å²) in [5.74, 6) is -2.07. The second-order valence-corrected chi connectivity index (χ2v) is 7.89. The quantitative estimate of drug-likeness (QED) is 0.591. The molecule has 0 unspecified atom stereocenters. The van der Waals surface area contributed by atoms with E-state index >= 15 is 0 Å². The lowest BCUT2D eigenvalue weighted by Gasteiger charge is -2.34. The molecule has 0 aliphatic carbocycles. The standard InChI is InChI=1S/C20H25BrN2O2.C2H2O4/c1-24-19-8-5-17(13-20(19)25-2)15-23-11-9-22(10-12-23)14-16-3-6-18(21)7-4-16;3-1(4)2(5)6/h3-8,13H,9-12,14-15H2,1-2H3;(H,3,4)(H,5,6). The van der Waals surface area contributed by atoms with Crippen molar-refractivity contribution in [2.45, 2.75) is 13.1 Å². The zero-order valence-electron chi connectivity index (χ0n) is 17.6. The van der Waals surface area contributed by atoms with Gasteiger partial charge in [-0.3, -0.25) is 9.80 Å². The fourth-order valence-electron chi connectivity index (χ4n) is 3.19. The molecule has 168 valence electrons. The zero-order valence-corrected chi connectivity index (χ0v) is 19.2. The van der Waals surface area contributed by atoms with Gasteiger partial charge in [0.1, 0.15) is 0 Å². The average molecular weight is 495 g/mol. The van der Waals surface area contributed by atoms with Crippen LogP contribution in [0.15, 0.2) is 46.9 Å². The molecule has 0 saturated carbocycles. The molecule has 1 saturated heterocycles. The van der Waals surface area contributed by atoms with Gasteiger partial charge in [0.05, 0.1) is 14.2 Å². The van der Waals surface area contributed by atoms with E-state index in [1.165, 1.54) is 11.1 Å². The molecule has 0 aromatic heterocycles. The van der Waals surface area contributed by atoms with Gasteiger partial charge in [0.2, 0.25) is 0 Å². The van der Waals surface area contributed by atoms with Crippen LogP contribution in [0.5, 0.6) is 11.5 Å². The molecule has 2 aromatic carbocycles. The first-order valence-electron chi connectivity index (χ1n) is 9.68. The molecule has 8 nitrogen and oxygen atoms in total. The van der Waals surface area contributed by atoms with Crippen molar-refractivity contribution in [3.63, 3.8) is 0 Å². The Morgan fingerprint density at radius 3 is 1.71 bits per heavy atom. The highest BCUT2D eigenvalue weighted by Crippen LogP contribution is 2.28.